The summed E-state index contributed by atoms with van der Waals surface area (Å²) in [6.07, 6.45) is 4.61. The fraction of sp³-hybridized carbons (Fsp3) is 0.333. The van der Waals surface area contributed by atoms with E-state index in [1.165, 1.54) is 12.4 Å². The minimum absolute atomic E-state index is 0.247. The van der Waals surface area contributed by atoms with Crippen molar-refractivity contribution in [1.29, 1.82) is 0 Å². The quantitative estimate of drug-likeness (QED) is 0.445. The zero-order valence-electron chi connectivity index (χ0n) is 9.87. The second kappa shape index (κ2) is 3.90. The van der Waals surface area contributed by atoms with Gasteiger partial charge in [0.1, 0.15) is 11.4 Å². The standard InChI is InChI=1S/C12H14N4O2/c13-9-3-4-10(14-5-1-2-6-14)12-11(9)15(17)7-8-16(12)18/h3-4,7-8H,1-2,5-6,13H2. The summed E-state index contributed by atoms with van der Waals surface area (Å²) in [5.41, 5.74) is 7.52. The molecule has 1 aliphatic heterocycles. The van der Waals surface area contributed by atoms with Crippen molar-refractivity contribution < 1.29 is 9.46 Å². The van der Waals surface area contributed by atoms with Gasteiger partial charge < -0.3 is 21.0 Å². The van der Waals surface area contributed by atoms with Gasteiger partial charge in [-0.05, 0) is 25.0 Å². The summed E-state index contributed by atoms with van der Waals surface area (Å²) in [5, 5.41) is 23.7. The Hall–Kier alpha value is -2.24. The Labute approximate surface area is 104 Å². The maximum atomic E-state index is 11.9. The van der Waals surface area contributed by atoms with E-state index in [1.807, 2.05) is 6.07 Å². The van der Waals surface area contributed by atoms with E-state index in [4.69, 9.17) is 5.73 Å². The Morgan fingerprint density at radius 1 is 1.00 bits per heavy atom. The van der Waals surface area contributed by atoms with E-state index in [0.717, 1.165) is 31.6 Å². The first-order chi connectivity index (χ1) is 8.68. The van der Waals surface area contributed by atoms with Gasteiger partial charge in [0.2, 0.25) is 12.4 Å². The van der Waals surface area contributed by atoms with Gasteiger partial charge in [-0.2, -0.15) is 9.46 Å². The number of anilines is 2. The van der Waals surface area contributed by atoms with E-state index >= 15 is 0 Å². The minimum atomic E-state index is 0.247. The molecule has 0 amide bonds. The van der Waals surface area contributed by atoms with Crippen molar-refractivity contribution in [3.8, 4) is 0 Å². The molecule has 1 saturated heterocycles. The van der Waals surface area contributed by atoms with Crippen LogP contribution < -0.4 is 20.1 Å². The van der Waals surface area contributed by atoms with Crippen molar-refractivity contribution in [3.63, 3.8) is 0 Å². The van der Waals surface area contributed by atoms with Crippen LogP contribution >= 0.6 is 0 Å². The fourth-order valence-electron chi connectivity index (χ4n) is 2.52. The van der Waals surface area contributed by atoms with Gasteiger partial charge in [0.25, 0.3) is 0 Å². The van der Waals surface area contributed by atoms with Crippen molar-refractivity contribution in [2.45, 2.75) is 12.8 Å². The number of nitrogens with two attached hydrogens (primary N) is 1. The molecule has 6 heteroatoms. The summed E-state index contributed by atoms with van der Waals surface area (Å²) in [7, 11) is 0. The molecule has 2 aromatic rings. The summed E-state index contributed by atoms with van der Waals surface area (Å²) in [5.74, 6) is 0. The molecule has 1 aromatic heterocycles. The van der Waals surface area contributed by atoms with Crippen LogP contribution in [0.1, 0.15) is 12.8 Å². The Kier molecular flexibility index (Phi) is 2.36. The highest BCUT2D eigenvalue weighted by atomic mass is 16.5. The monoisotopic (exact) mass is 246 g/mol. The maximum Gasteiger partial charge on any atom is 0.315 e. The van der Waals surface area contributed by atoms with Crippen molar-refractivity contribution in [2.75, 3.05) is 23.7 Å². The van der Waals surface area contributed by atoms with Crippen LogP contribution in [0.25, 0.3) is 11.0 Å². The van der Waals surface area contributed by atoms with Gasteiger partial charge in [0, 0.05) is 13.1 Å². The molecule has 0 bridgehead atoms. The molecule has 0 atom stereocenters. The molecule has 0 aliphatic carbocycles. The van der Waals surface area contributed by atoms with Crippen LogP contribution in [0.4, 0.5) is 11.4 Å². The number of fused-ring (bicyclic) bond motifs is 1. The minimum Gasteiger partial charge on any atom is -0.618 e. The highest BCUT2D eigenvalue weighted by Crippen LogP contribution is 2.28. The number of rotatable bonds is 1. The summed E-state index contributed by atoms with van der Waals surface area (Å²) in [6.45, 7) is 1.82. The molecular formula is C12H14N4O2. The van der Waals surface area contributed by atoms with Crippen LogP contribution in [0.2, 0.25) is 0 Å². The number of nitrogen functional groups attached to an aromatic ring is 1. The average molecular weight is 246 g/mol. The molecule has 18 heavy (non-hydrogen) atoms. The van der Waals surface area contributed by atoms with Crippen LogP contribution in [0, 0.1) is 10.4 Å². The van der Waals surface area contributed by atoms with Crippen molar-refractivity contribution >= 4 is 22.4 Å². The molecule has 1 aromatic carbocycles. The van der Waals surface area contributed by atoms with E-state index < -0.39 is 0 Å². The summed E-state index contributed by atoms with van der Waals surface area (Å²) in [6, 6.07) is 3.50. The van der Waals surface area contributed by atoms with Gasteiger partial charge in [-0.15, -0.1) is 0 Å². The molecule has 0 radical (unpaired) electrons. The topological polar surface area (TPSA) is 83.1 Å². The molecule has 6 nitrogen and oxygen atoms in total. The van der Waals surface area contributed by atoms with Crippen molar-refractivity contribution in [1.82, 2.24) is 0 Å². The third kappa shape index (κ3) is 1.49. The second-order valence-electron chi connectivity index (χ2n) is 4.52. The molecular weight excluding hydrogens is 232 g/mol. The zero-order valence-corrected chi connectivity index (χ0v) is 9.87. The van der Waals surface area contributed by atoms with Gasteiger partial charge in [0.15, 0.2) is 0 Å². The number of hydrogen-bond donors (Lipinski definition) is 1. The lowest BCUT2D eigenvalue weighted by Crippen LogP contribution is -2.39. The normalized spacial score (nSPS) is 15.4. The van der Waals surface area contributed by atoms with Crippen LogP contribution in [-0.4, -0.2) is 13.1 Å². The number of aromatic nitrogens is 2. The predicted molar refractivity (Wildman–Crippen MR) is 67.7 cm³/mol. The van der Waals surface area contributed by atoms with E-state index in [0.29, 0.717) is 20.7 Å². The molecule has 2 N–H and O–H groups in total. The van der Waals surface area contributed by atoms with E-state index in [1.54, 1.807) is 6.07 Å². The summed E-state index contributed by atoms with van der Waals surface area (Å²) < 4.78 is 1.37. The third-order valence-electron chi connectivity index (χ3n) is 3.39. The molecule has 2 heterocycles. The first kappa shape index (κ1) is 10.9. The van der Waals surface area contributed by atoms with Gasteiger partial charge in [-0.1, -0.05) is 0 Å². The number of nitrogens with zero attached hydrogens (tertiary/aromatic N) is 3. The zero-order chi connectivity index (χ0) is 12.7. The molecule has 3 rings (SSSR count). The predicted octanol–water partition coefficient (Wildman–Crippen LogP) is 0.289. The van der Waals surface area contributed by atoms with E-state index in [9.17, 15) is 10.4 Å². The van der Waals surface area contributed by atoms with Gasteiger partial charge in [-0.3, -0.25) is 0 Å². The van der Waals surface area contributed by atoms with E-state index in [2.05, 4.69) is 4.90 Å². The Bertz CT molecular complexity index is 600. The van der Waals surface area contributed by atoms with Gasteiger partial charge in [0.05, 0.1) is 0 Å². The Morgan fingerprint density at radius 2 is 1.61 bits per heavy atom. The van der Waals surface area contributed by atoms with Crippen LogP contribution in [0.3, 0.4) is 0 Å². The van der Waals surface area contributed by atoms with Gasteiger partial charge >= 0.3 is 11.0 Å². The lowest BCUT2D eigenvalue weighted by molar-refractivity contribution is -0.628. The van der Waals surface area contributed by atoms with Crippen LogP contribution in [0.5, 0.6) is 0 Å². The van der Waals surface area contributed by atoms with Gasteiger partial charge in [-0.25, -0.2) is 0 Å². The maximum absolute atomic E-state index is 11.9. The lowest BCUT2D eigenvalue weighted by atomic mass is 10.2. The summed E-state index contributed by atoms with van der Waals surface area (Å²) >= 11 is 0. The molecule has 1 fully saturated rings. The highest BCUT2D eigenvalue weighted by Gasteiger charge is 2.25. The first-order valence-corrected chi connectivity index (χ1v) is 5.97. The molecule has 1 aliphatic rings. The Morgan fingerprint density at radius 3 is 2.28 bits per heavy atom. The lowest BCUT2D eigenvalue weighted by Gasteiger charge is -2.18. The summed E-state index contributed by atoms with van der Waals surface area (Å²) in [4.78, 5) is 2.12. The average Bonchev–Trinajstić information content (AvgIpc) is 2.87. The Balaban J connectivity index is 2.32. The second-order valence-corrected chi connectivity index (χ2v) is 4.52. The first-order valence-electron chi connectivity index (χ1n) is 5.97. The highest BCUT2D eigenvalue weighted by molar-refractivity contribution is 5.91. The number of hydrogen-bond acceptors (Lipinski definition) is 4. The van der Waals surface area contributed by atoms with E-state index in [-0.39, 0.29) is 5.52 Å². The molecule has 94 valence electrons. The smallest absolute Gasteiger partial charge is 0.315 e. The largest absolute Gasteiger partial charge is 0.618 e. The fourth-order valence-corrected chi connectivity index (χ4v) is 2.52. The molecule has 0 spiro atoms. The SMILES string of the molecule is Nc1ccc(N2CCCC2)c2c1[n+]([O-])cc[n+]2[O-]. The molecule has 0 unspecified atom stereocenters. The van der Waals surface area contributed by atoms with Crippen LogP contribution in [-0.2, 0) is 0 Å². The number of benzene rings is 1. The van der Waals surface area contributed by atoms with Crippen molar-refractivity contribution in [2.24, 2.45) is 0 Å². The molecule has 0 saturated carbocycles. The van der Waals surface area contributed by atoms with Crippen molar-refractivity contribution in [3.05, 3.63) is 34.9 Å². The third-order valence-corrected chi connectivity index (χ3v) is 3.39. The van der Waals surface area contributed by atoms with Crippen LogP contribution in [0.15, 0.2) is 24.5 Å².